The minimum atomic E-state index is -0.546. The summed E-state index contributed by atoms with van der Waals surface area (Å²) in [5.41, 5.74) is 9.74. The Kier molecular flexibility index (Phi) is 7.37. The number of fused-ring (bicyclic) bond motifs is 1. The van der Waals surface area contributed by atoms with Gasteiger partial charge < -0.3 is 15.9 Å². The lowest BCUT2D eigenvalue weighted by Gasteiger charge is -2.44. The lowest BCUT2D eigenvalue weighted by atomic mass is 9.60. The minimum Gasteiger partial charge on any atom is -0.393 e. The highest BCUT2D eigenvalue weighted by atomic mass is 16.3. The molecule has 6 atom stereocenters. The van der Waals surface area contributed by atoms with Crippen molar-refractivity contribution in [3.63, 3.8) is 0 Å². The van der Waals surface area contributed by atoms with Gasteiger partial charge in [-0.25, -0.2) is 0 Å². The number of hydrogen-bond acceptors (Lipinski definition) is 3. The molecule has 3 nitrogen and oxygen atoms in total. The summed E-state index contributed by atoms with van der Waals surface area (Å²) >= 11 is 0. The van der Waals surface area contributed by atoms with E-state index in [1.54, 1.807) is 5.57 Å². The van der Waals surface area contributed by atoms with Crippen molar-refractivity contribution in [1.29, 1.82) is 0 Å². The zero-order valence-corrected chi connectivity index (χ0v) is 19.8. The molecule has 0 aliphatic heterocycles. The summed E-state index contributed by atoms with van der Waals surface area (Å²) in [5, 5.41) is 20.2. The van der Waals surface area contributed by atoms with Crippen molar-refractivity contribution in [2.24, 2.45) is 28.9 Å². The quantitative estimate of drug-likeness (QED) is 0.523. The molecule has 1 unspecified atom stereocenters. The van der Waals surface area contributed by atoms with E-state index >= 15 is 0 Å². The number of rotatable bonds is 6. The molecule has 3 aliphatic rings. The molecule has 3 fully saturated rings. The van der Waals surface area contributed by atoms with Gasteiger partial charge in [-0.3, -0.25) is 0 Å². The fraction of sp³-hybridized carbons (Fsp3) is 0.778. The molecule has 0 aromatic rings. The highest BCUT2D eigenvalue weighted by molar-refractivity contribution is 5.39. The molecule has 0 amide bonds. The summed E-state index contributed by atoms with van der Waals surface area (Å²) < 4.78 is 0. The molecule has 0 aromatic carbocycles. The normalized spacial score (nSPS) is 38.8. The van der Waals surface area contributed by atoms with Gasteiger partial charge >= 0.3 is 0 Å². The van der Waals surface area contributed by atoms with Crippen LogP contribution in [0.15, 0.2) is 35.5 Å². The summed E-state index contributed by atoms with van der Waals surface area (Å²) in [4.78, 5) is 0. The van der Waals surface area contributed by atoms with Gasteiger partial charge in [0.1, 0.15) is 0 Å². The number of aliphatic hydroxyl groups is 2. The summed E-state index contributed by atoms with van der Waals surface area (Å²) in [6.45, 7) is 13.0. The average molecular weight is 416 g/mol. The van der Waals surface area contributed by atoms with E-state index in [0.717, 1.165) is 29.9 Å². The van der Waals surface area contributed by atoms with Crippen LogP contribution in [0, 0.1) is 23.2 Å². The molecule has 30 heavy (non-hydrogen) atoms. The van der Waals surface area contributed by atoms with Gasteiger partial charge in [0.15, 0.2) is 0 Å². The Morgan fingerprint density at radius 3 is 2.73 bits per heavy atom. The molecule has 0 spiro atoms. The maximum atomic E-state index is 10.1. The molecule has 3 heteroatoms. The zero-order valence-electron chi connectivity index (χ0n) is 19.8. The second-order valence-electron chi connectivity index (χ2n) is 11.4. The summed E-state index contributed by atoms with van der Waals surface area (Å²) in [6, 6.07) is -0.115. The van der Waals surface area contributed by atoms with E-state index in [9.17, 15) is 10.2 Å². The molecule has 0 radical (unpaired) electrons. The molecule has 0 saturated heterocycles. The van der Waals surface area contributed by atoms with Crippen LogP contribution in [0.25, 0.3) is 0 Å². The third-order valence-electron chi connectivity index (χ3n) is 8.51. The standard InChI is InChI=1S/C27H45NO2/c1-18(8-6-14-26(3,4)30)23-12-13-24-20(9-7-15-27(23,24)5)10-11-21-16-22(29)17-25(28)19(21)2/h10-11,18,22-25,29-30H,2,6-9,12-17,28H2,1,3-5H3/b20-10+,21-11+/t18-,22-,23-,24?,25+,27-/m1/s1. The van der Waals surface area contributed by atoms with Gasteiger partial charge in [-0.1, -0.05) is 51.0 Å². The van der Waals surface area contributed by atoms with Crippen LogP contribution in [0.3, 0.4) is 0 Å². The summed E-state index contributed by atoms with van der Waals surface area (Å²) in [6.07, 6.45) is 15.2. The van der Waals surface area contributed by atoms with Crippen LogP contribution in [0.5, 0.6) is 0 Å². The van der Waals surface area contributed by atoms with E-state index in [1.807, 2.05) is 13.8 Å². The predicted molar refractivity (Wildman–Crippen MR) is 126 cm³/mol. The van der Waals surface area contributed by atoms with Crippen LogP contribution < -0.4 is 5.73 Å². The monoisotopic (exact) mass is 415 g/mol. The topological polar surface area (TPSA) is 66.5 Å². The van der Waals surface area contributed by atoms with Crippen molar-refractivity contribution in [1.82, 2.24) is 0 Å². The van der Waals surface area contributed by atoms with E-state index in [0.29, 0.717) is 30.1 Å². The van der Waals surface area contributed by atoms with Crippen LogP contribution in [0.2, 0.25) is 0 Å². The maximum absolute atomic E-state index is 10.1. The van der Waals surface area contributed by atoms with Gasteiger partial charge in [0.2, 0.25) is 0 Å². The number of hydrogen-bond donors (Lipinski definition) is 3. The van der Waals surface area contributed by atoms with Crippen LogP contribution in [-0.2, 0) is 0 Å². The molecular formula is C27H45NO2. The molecule has 3 saturated carbocycles. The lowest BCUT2D eigenvalue weighted by molar-refractivity contribution is 0.0596. The van der Waals surface area contributed by atoms with Gasteiger partial charge in [0.05, 0.1) is 11.7 Å². The Morgan fingerprint density at radius 1 is 1.30 bits per heavy atom. The van der Waals surface area contributed by atoms with E-state index in [1.165, 1.54) is 38.5 Å². The Labute approximate surface area is 184 Å². The van der Waals surface area contributed by atoms with Crippen molar-refractivity contribution in [3.05, 3.63) is 35.5 Å². The molecule has 170 valence electrons. The highest BCUT2D eigenvalue weighted by Gasteiger charge is 2.50. The Hall–Kier alpha value is -0.900. The van der Waals surface area contributed by atoms with Crippen LogP contribution >= 0.6 is 0 Å². The van der Waals surface area contributed by atoms with E-state index in [2.05, 4.69) is 32.6 Å². The first-order valence-corrected chi connectivity index (χ1v) is 12.3. The van der Waals surface area contributed by atoms with Crippen molar-refractivity contribution >= 4 is 0 Å². The SMILES string of the molecule is C=C1/C(=C/C=C2\CCC[C@@]3(C)C2CC[C@@H]3[C@H](C)CCCC(C)(C)O)C[C@@H](O)C[C@@H]1N. The fourth-order valence-electron chi connectivity index (χ4n) is 6.80. The molecular weight excluding hydrogens is 370 g/mol. The van der Waals surface area contributed by atoms with Crippen LogP contribution in [-0.4, -0.2) is 28.0 Å². The lowest BCUT2D eigenvalue weighted by Crippen LogP contribution is -2.36. The minimum absolute atomic E-state index is 0.115. The highest BCUT2D eigenvalue weighted by Crippen LogP contribution is 2.60. The van der Waals surface area contributed by atoms with Crippen molar-refractivity contribution < 1.29 is 10.2 Å². The molecule has 3 rings (SSSR count). The summed E-state index contributed by atoms with van der Waals surface area (Å²) in [7, 11) is 0. The second-order valence-corrected chi connectivity index (χ2v) is 11.4. The second kappa shape index (κ2) is 9.30. The van der Waals surface area contributed by atoms with Gasteiger partial charge in [-0.15, -0.1) is 0 Å². The largest absolute Gasteiger partial charge is 0.393 e. The van der Waals surface area contributed by atoms with Crippen molar-refractivity contribution in [3.8, 4) is 0 Å². The van der Waals surface area contributed by atoms with Crippen LogP contribution in [0.4, 0.5) is 0 Å². The Bertz CT molecular complexity index is 685. The van der Waals surface area contributed by atoms with Gasteiger partial charge in [0, 0.05) is 6.04 Å². The molecule has 0 aromatic heterocycles. The molecule has 3 aliphatic carbocycles. The third kappa shape index (κ3) is 5.29. The van der Waals surface area contributed by atoms with Gasteiger partial charge in [-0.05, 0) is 99.5 Å². The van der Waals surface area contributed by atoms with Crippen molar-refractivity contribution in [2.45, 2.75) is 110 Å². The van der Waals surface area contributed by atoms with E-state index in [4.69, 9.17) is 5.73 Å². The first kappa shape index (κ1) is 23.8. The average Bonchev–Trinajstić information content (AvgIpc) is 3.00. The molecule has 4 N–H and O–H groups in total. The number of nitrogens with two attached hydrogens (primary N) is 1. The third-order valence-corrected chi connectivity index (χ3v) is 8.51. The van der Waals surface area contributed by atoms with E-state index < -0.39 is 5.60 Å². The Balaban J connectivity index is 1.70. The van der Waals surface area contributed by atoms with Crippen LogP contribution in [0.1, 0.15) is 91.9 Å². The maximum Gasteiger partial charge on any atom is 0.0598 e. The first-order valence-electron chi connectivity index (χ1n) is 12.3. The predicted octanol–water partition coefficient (Wildman–Crippen LogP) is 5.67. The number of allylic oxidation sites excluding steroid dienone is 3. The smallest absolute Gasteiger partial charge is 0.0598 e. The molecule has 0 bridgehead atoms. The first-order chi connectivity index (χ1) is 14.0. The van der Waals surface area contributed by atoms with Crippen molar-refractivity contribution in [2.75, 3.05) is 0 Å². The van der Waals surface area contributed by atoms with E-state index in [-0.39, 0.29) is 12.1 Å². The Morgan fingerprint density at radius 2 is 2.03 bits per heavy atom. The fourth-order valence-corrected chi connectivity index (χ4v) is 6.80. The summed E-state index contributed by atoms with van der Waals surface area (Å²) in [5.74, 6) is 2.17. The molecule has 0 heterocycles. The number of aliphatic hydroxyl groups excluding tert-OH is 1. The van der Waals surface area contributed by atoms with Gasteiger partial charge in [0.25, 0.3) is 0 Å². The van der Waals surface area contributed by atoms with Gasteiger partial charge in [-0.2, -0.15) is 0 Å². The zero-order chi connectivity index (χ0) is 22.1.